The van der Waals surface area contributed by atoms with Crippen molar-refractivity contribution in [2.24, 2.45) is 5.73 Å². The number of likely N-dealkylation sites (N-methyl/N-ethyl adjacent to an activating group) is 1. The number of carbonyl (C=O) groups excluding carboxylic acids is 2. The molecular formula is C13H16N4O2S. The quantitative estimate of drug-likeness (QED) is 0.882. The number of nitrogen functional groups attached to an aromatic ring is 1. The van der Waals surface area contributed by atoms with Crippen LogP contribution in [0.3, 0.4) is 0 Å². The van der Waals surface area contributed by atoms with Crippen molar-refractivity contribution in [2.75, 3.05) is 19.3 Å². The maximum absolute atomic E-state index is 12.3. The number of hydrogen-bond acceptors (Lipinski definition) is 5. The van der Waals surface area contributed by atoms with Gasteiger partial charge in [-0.2, -0.15) is 0 Å². The Morgan fingerprint density at radius 1 is 1.40 bits per heavy atom. The van der Waals surface area contributed by atoms with Gasteiger partial charge in [-0.15, -0.1) is 11.3 Å². The molecule has 2 amide bonds. The van der Waals surface area contributed by atoms with Crippen LogP contribution in [0.2, 0.25) is 0 Å². The normalized spacial score (nSPS) is 10.8. The van der Waals surface area contributed by atoms with Gasteiger partial charge < -0.3 is 16.4 Å². The summed E-state index contributed by atoms with van der Waals surface area (Å²) in [5, 5.41) is 0.802. The number of aromatic nitrogens is 1. The number of nitrogens with two attached hydrogens (primary N) is 2. The lowest BCUT2D eigenvalue weighted by Crippen LogP contribution is -2.35. The van der Waals surface area contributed by atoms with Crippen molar-refractivity contribution in [3.05, 3.63) is 22.2 Å². The van der Waals surface area contributed by atoms with Gasteiger partial charge >= 0.3 is 0 Å². The predicted molar refractivity (Wildman–Crippen MR) is 79.7 cm³/mol. The average molecular weight is 292 g/mol. The van der Waals surface area contributed by atoms with E-state index in [-0.39, 0.29) is 12.5 Å². The van der Waals surface area contributed by atoms with Crippen LogP contribution in [0.5, 0.6) is 0 Å². The summed E-state index contributed by atoms with van der Waals surface area (Å²) in [5.41, 5.74) is 13.4. The number of carbonyl (C=O) groups is 2. The van der Waals surface area contributed by atoms with E-state index in [1.807, 2.05) is 19.9 Å². The lowest BCUT2D eigenvalue weighted by Gasteiger charge is -2.14. The number of amides is 2. The smallest absolute Gasteiger partial charge is 0.266 e. The van der Waals surface area contributed by atoms with Gasteiger partial charge in [0.05, 0.1) is 12.2 Å². The molecule has 0 bridgehead atoms. The molecule has 0 spiro atoms. The number of nitrogens with zero attached hydrogens (tertiary/aromatic N) is 2. The number of anilines is 1. The van der Waals surface area contributed by atoms with Gasteiger partial charge in [-0.05, 0) is 25.5 Å². The van der Waals surface area contributed by atoms with E-state index in [4.69, 9.17) is 11.5 Å². The Morgan fingerprint density at radius 2 is 2.05 bits per heavy atom. The molecule has 20 heavy (non-hydrogen) atoms. The van der Waals surface area contributed by atoms with Gasteiger partial charge in [-0.25, -0.2) is 4.98 Å². The number of rotatable bonds is 3. The minimum absolute atomic E-state index is 0.141. The average Bonchev–Trinajstić information content (AvgIpc) is 2.64. The molecule has 6 nitrogen and oxygen atoms in total. The molecule has 7 heteroatoms. The van der Waals surface area contributed by atoms with E-state index in [0.717, 1.165) is 21.5 Å². The number of primary amides is 1. The molecule has 2 aromatic heterocycles. The number of hydrogen-bond donors (Lipinski definition) is 2. The third-order valence-electron chi connectivity index (χ3n) is 2.96. The van der Waals surface area contributed by atoms with E-state index in [1.54, 1.807) is 0 Å². The van der Waals surface area contributed by atoms with E-state index >= 15 is 0 Å². The number of thiophene rings is 1. The highest BCUT2D eigenvalue weighted by Gasteiger charge is 2.22. The van der Waals surface area contributed by atoms with Gasteiger partial charge in [-0.3, -0.25) is 9.59 Å². The monoisotopic (exact) mass is 292 g/mol. The van der Waals surface area contributed by atoms with Gasteiger partial charge in [0.2, 0.25) is 5.91 Å². The number of pyridine rings is 1. The topological polar surface area (TPSA) is 102 Å². The van der Waals surface area contributed by atoms with Gasteiger partial charge in [0.1, 0.15) is 9.71 Å². The Balaban J connectivity index is 2.50. The zero-order chi connectivity index (χ0) is 15.0. The Kier molecular flexibility index (Phi) is 3.63. The summed E-state index contributed by atoms with van der Waals surface area (Å²) in [6.45, 7) is 3.68. The molecule has 2 aromatic rings. The first-order valence-corrected chi connectivity index (χ1v) is 6.83. The first kappa shape index (κ1) is 14.3. The third-order valence-corrected chi connectivity index (χ3v) is 4.05. The van der Waals surface area contributed by atoms with Gasteiger partial charge in [-0.1, -0.05) is 0 Å². The van der Waals surface area contributed by atoms with Gasteiger partial charge in [0.25, 0.3) is 5.91 Å². The minimum Gasteiger partial charge on any atom is -0.397 e. The van der Waals surface area contributed by atoms with E-state index in [1.165, 1.54) is 23.3 Å². The number of fused-ring (bicyclic) bond motifs is 1. The van der Waals surface area contributed by atoms with Crippen LogP contribution >= 0.6 is 11.3 Å². The molecule has 0 fully saturated rings. The second-order valence-electron chi connectivity index (χ2n) is 4.73. The highest BCUT2D eigenvalue weighted by Crippen LogP contribution is 2.35. The summed E-state index contributed by atoms with van der Waals surface area (Å²) < 4.78 is 0. The zero-order valence-electron chi connectivity index (χ0n) is 11.6. The molecule has 4 N–H and O–H groups in total. The van der Waals surface area contributed by atoms with Crippen LogP contribution in [0.1, 0.15) is 20.9 Å². The molecule has 0 atom stereocenters. The molecule has 0 aromatic carbocycles. The summed E-state index contributed by atoms with van der Waals surface area (Å²) >= 11 is 1.24. The lowest BCUT2D eigenvalue weighted by atomic mass is 10.1. The maximum Gasteiger partial charge on any atom is 0.266 e. The van der Waals surface area contributed by atoms with E-state index in [9.17, 15) is 9.59 Å². The zero-order valence-corrected chi connectivity index (χ0v) is 12.4. The summed E-state index contributed by atoms with van der Waals surface area (Å²) in [6, 6.07) is 1.92. The summed E-state index contributed by atoms with van der Waals surface area (Å²) in [6.07, 6.45) is 0. The highest BCUT2D eigenvalue weighted by molar-refractivity contribution is 7.21. The van der Waals surface area contributed by atoms with Gasteiger partial charge in [0.15, 0.2) is 0 Å². The largest absolute Gasteiger partial charge is 0.397 e. The molecule has 0 aliphatic rings. The molecule has 106 valence electrons. The Bertz CT molecular complexity index is 708. The summed E-state index contributed by atoms with van der Waals surface area (Å²) in [7, 11) is 1.52. The highest BCUT2D eigenvalue weighted by atomic mass is 32.1. The molecule has 0 saturated carbocycles. The molecule has 0 aliphatic heterocycles. The molecule has 2 rings (SSSR count). The van der Waals surface area contributed by atoms with Crippen molar-refractivity contribution >= 4 is 39.1 Å². The fraction of sp³-hybridized carbons (Fsp3) is 0.308. The Labute approximate surface area is 120 Å². The van der Waals surface area contributed by atoms with Crippen LogP contribution in [-0.2, 0) is 4.79 Å². The maximum atomic E-state index is 12.3. The Morgan fingerprint density at radius 3 is 2.65 bits per heavy atom. The molecule has 2 heterocycles. The van der Waals surface area contributed by atoms with Crippen LogP contribution in [0, 0.1) is 13.8 Å². The van der Waals surface area contributed by atoms with Crippen LogP contribution in [-0.4, -0.2) is 35.3 Å². The van der Waals surface area contributed by atoms with Crippen LogP contribution in [0.15, 0.2) is 6.07 Å². The molecule has 0 unspecified atom stereocenters. The minimum atomic E-state index is -0.564. The van der Waals surface area contributed by atoms with Crippen LogP contribution in [0.4, 0.5) is 5.69 Å². The Hall–Kier alpha value is -2.15. The fourth-order valence-electron chi connectivity index (χ4n) is 2.11. The third kappa shape index (κ3) is 2.44. The van der Waals surface area contributed by atoms with Crippen molar-refractivity contribution < 1.29 is 9.59 Å². The van der Waals surface area contributed by atoms with Crippen LogP contribution in [0.25, 0.3) is 10.2 Å². The molecular weight excluding hydrogens is 276 g/mol. The summed E-state index contributed by atoms with van der Waals surface area (Å²) in [4.78, 5) is 30.0. The molecule has 0 radical (unpaired) electrons. The van der Waals surface area contributed by atoms with E-state index in [0.29, 0.717) is 10.6 Å². The first-order chi connectivity index (χ1) is 9.31. The second-order valence-corrected chi connectivity index (χ2v) is 5.73. The lowest BCUT2D eigenvalue weighted by molar-refractivity contribution is -0.118. The van der Waals surface area contributed by atoms with Crippen molar-refractivity contribution in [2.45, 2.75) is 13.8 Å². The van der Waals surface area contributed by atoms with Crippen molar-refractivity contribution in [3.8, 4) is 0 Å². The van der Waals surface area contributed by atoms with Crippen LogP contribution < -0.4 is 11.5 Å². The molecule has 0 aliphatic carbocycles. The summed E-state index contributed by atoms with van der Waals surface area (Å²) in [5.74, 6) is -0.882. The fourth-order valence-corrected chi connectivity index (χ4v) is 3.32. The second kappa shape index (κ2) is 5.09. The van der Waals surface area contributed by atoms with Crippen molar-refractivity contribution in [1.82, 2.24) is 9.88 Å². The van der Waals surface area contributed by atoms with E-state index < -0.39 is 5.91 Å². The van der Waals surface area contributed by atoms with Gasteiger partial charge in [0, 0.05) is 18.1 Å². The SMILES string of the molecule is Cc1cc(C)c2c(N)c(C(=O)N(C)CC(N)=O)sc2n1. The van der Waals surface area contributed by atoms with E-state index in [2.05, 4.69) is 4.98 Å². The first-order valence-electron chi connectivity index (χ1n) is 6.01. The predicted octanol–water partition coefficient (Wildman–Crippen LogP) is 1.05. The van der Waals surface area contributed by atoms with Crippen molar-refractivity contribution in [3.63, 3.8) is 0 Å². The standard InChI is InChI=1S/C13H16N4O2S/c1-6-4-7(2)16-12-9(6)10(15)11(20-12)13(19)17(3)5-8(14)18/h4H,5,15H2,1-3H3,(H2,14,18). The van der Waals surface area contributed by atoms with Crippen molar-refractivity contribution in [1.29, 1.82) is 0 Å². The number of aryl methyl sites for hydroxylation is 2. The molecule has 0 saturated heterocycles.